The maximum absolute atomic E-state index is 12.8. The van der Waals surface area contributed by atoms with Gasteiger partial charge in [0.15, 0.2) is 0 Å². The zero-order chi connectivity index (χ0) is 15.3. The molecule has 0 aromatic carbocycles. The molecule has 0 bridgehead atoms. The van der Waals surface area contributed by atoms with Gasteiger partial charge >= 0.3 is 0 Å². The second-order valence-corrected chi connectivity index (χ2v) is 7.67. The summed E-state index contributed by atoms with van der Waals surface area (Å²) in [5.74, 6) is 1.66. The molecule has 0 aromatic heterocycles. The SMILES string of the molecule is CCC1CCCNC1CNC(=O)C1(CC(C)C)CCCC1. The van der Waals surface area contributed by atoms with Gasteiger partial charge in [0.1, 0.15) is 0 Å². The third kappa shape index (κ3) is 4.21. The average Bonchev–Trinajstić information content (AvgIpc) is 2.94. The standard InChI is InChI=1S/C18H34N2O/c1-4-15-8-7-11-19-16(15)13-20-17(21)18(12-14(2)3)9-5-6-10-18/h14-16,19H,4-13H2,1-3H3,(H,20,21). The number of hydrogen-bond acceptors (Lipinski definition) is 2. The fourth-order valence-electron chi connectivity index (χ4n) is 4.49. The molecule has 2 N–H and O–H groups in total. The Kier molecular flexibility index (Phi) is 6.09. The maximum atomic E-state index is 12.8. The van der Waals surface area contributed by atoms with Crippen LogP contribution in [0.2, 0.25) is 0 Å². The van der Waals surface area contributed by atoms with Crippen molar-refractivity contribution in [2.24, 2.45) is 17.3 Å². The van der Waals surface area contributed by atoms with E-state index in [1.165, 1.54) is 32.1 Å². The summed E-state index contributed by atoms with van der Waals surface area (Å²) in [5.41, 5.74) is -0.0649. The molecule has 2 atom stereocenters. The molecule has 1 aliphatic heterocycles. The number of nitrogens with one attached hydrogen (secondary N) is 2. The van der Waals surface area contributed by atoms with Crippen molar-refractivity contribution in [2.45, 2.75) is 78.2 Å². The topological polar surface area (TPSA) is 41.1 Å². The van der Waals surface area contributed by atoms with Crippen LogP contribution >= 0.6 is 0 Å². The van der Waals surface area contributed by atoms with Crippen LogP contribution in [0.4, 0.5) is 0 Å². The highest BCUT2D eigenvalue weighted by atomic mass is 16.2. The van der Waals surface area contributed by atoms with Crippen LogP contribution in [0.1, 0.15) is 72.1 Å². The van der Waals surface area contributed by atoms with E-state index in [1.54, 1.807) is 0 Å². The van der Waals surface area contributed by atoms with Crippen LogP contribution < -0.4 is 10.6 Å². The Hall–Kier alpha value is -0.570. The lowest BCUT2D eigenvalue weighted by Crippen LogP contribution is -2.51. The first-order valence-electron chi connectivity index (χ1n) is 9.09. The van der Waals surface area contributed by atoms with Crippen LogP contribution in [-0.2, 0) is 4.79 Å². The lowest BCUT2D eigenvalue weighted by atomic mass is 9.77. The molecule has 0 spiro atoms. The smallest absolute Gasteiger partial charge is 0.226 e. The third-order valence-corrected chi connectivity index (χ3v) is 5.58. The van der Waals surface area contributed by atoms with Crippen LogP contribution in [0.3, 0.4) is 0 Å². The molecule has 1 aliphatic carbocycles. The molecular formula is C18H34N2O. The fraction of sp³-hybridized carbons (Fsp3) is 0.944. The molecule has 2 aliphatic rings. The average molecular weight is 294 g/mol. The predicted octanol–water partition coefficient (Wildman–Crippen LogP) is 3.49. The van der Waals surface area contributed by atoms with E-state index >= 15 is 0 Å². The monoisotopic (exact) mass is 294 g/mol. The fourth-order valence-corrected chi connectivity index (χ4v) is 4.49. The lowest BCUT2D eigenvalue weighted by molar-refractivity contribution is -0.132. The first-order valence-corrected chi connectivity index (χ1v) is 9.09. The molecule has 0 radical (unpaired) electrons. The Morgan fingerprint density at radius 1 is 1.29 bits per heavy atom. The van der Waals surface area contributed by atoms with Gasteiger partial charge in [-0.1, -0.05) is 40.0 Å². The molecule has 122 valence electrons. The molecule has 2 unspecified atom stereocenters. The number of carbonyl (C=O) groups is 1. The zero-order valence-electron chi connectivity index (χ0n) is 14.2. The maximum Gasteiger partial charge on any atom is 0.226 e. The first-order chi connectivity index (χ1) is 10.1. The van der Waals surface area contributed by atoms with Gasteiger partial charge in [-0.2, -0.15) is 0 Å². The Morgan fingerprint density at radius 2 is 2.00 bits per heavy atom. The quantitative estimate of drug-likeness (QED) is 0.787. The summed E-state index contributed by atoms with van der Waals surface area (Å²) in [6.45, 7) is 8.67. The van der Waals surface area contributed by atoms with Gasteiger partial charge in [-0.05, 0) is 50.5 Å². The molecule has 1 saturated heterocycles. The van der Waals surface area contributed by atoms with Crippen LogP contribution in [0, 0.1) is 17.3 Å². The van der Waals surface area contributed by atoms with Crippen molar-refractivity contribution < 1.29 is 4.79 Å². The van der Waals surface area contributed by atoms with Crippen molar-refractivity contribution >= 4 is 5.91 Å². The highest BCUT2D eigenvalue weighted by molar-refractivity contribution is 5.83. The van der Waals surface area contributed by atoms with Crippen molar-refractivity contribution in [2.75, 3.05) is 13.1 Å². The van der Waals surface area contributed by atoms with E-state index in [-0.39, 0.29) is 5.41 Å². The molecule has 1 saturated carbocycles. The van der Waals surface area contributed by atoms with Gasteiger partial charge < -0.3 is 10.6 Å². The lowest BCUT2D eigenvalue weighted by Gasteiger charge is -2.34. The Bertz CT molecular complexity index is 334. The molecule has 1 amide bonds. The molecule has 2 rings (SSSR count). The van der Waals surface area contributed by atoms with E-state index in [0.717, 1.165) is 38.3 Å². The predicted molar refractivity (Wildman–Crippen MR) is 88.2 cm³/mol. The second kappa shape index (κ2) is 7.62. The molecule has 21 heavy (non-hydrogen) atoms. The molecule has 0 aromatic rings. The number of piperidine rings is 1. The summed E-state index contributed by atoms with van der Waals surface area (Å²) < 4.78 is 0. The van der Waals surface area contributed by atoms with Crippen molar-refractivity contribution in [1.29, 1.82) is 0 Å². The van der Waals surface area contributed by atoms with E-state index in [0.29, 0.717) is 17.9 Å². The van der Waals surface area contributed by atoms with Gasteiger partial charge in [-0.3, -0.25) is 4.79 Å². The van der Waals surface area contributed by atoms with Crippen LogP contribution in [-0.4, -0.2) is 25.0 Å². The Labute approximate surface area is 130 Å². The Balaban J connectivity index is 1.90. The normalized spacial score (nSPS) is 28.8. The summed E-state index contributed by atoms with van der Waals surface area (Å²) in [4.78, 5) is 12.8. The summed E-state index contributed by atoms with van der Waals surface area (Å²) in [6, 6.07) is 0.477. The highest BCUT2D eigenvalue weighted by Gasteiger charge is 2.41. The van der Waals surface area contributed by atoms with Gasteiger partial charge in [0.05, 0.1) is 0 Å². The van der Waals surface area contributed by atoms with E-state index < -0.39 is 0 Å². The summed E-state index contributed by atoms with van der Waals surface area (Å²) in [7, 11) is 0. The van der Waals surface area contributed by atoms with Crippen LogP contribution in [0.5, 0.6) is 0 Å². The summed E-state index contributed by atoms with van der Waals surface area (Å²) in [6.07, 6.45) is 9.47. The van der Waals surface area contributed by atoms with Crippen molar-refractivity contribution in [1.82, 2.24) is 10.6 Å². The molecule has 2 fully saturated rings. The van der Waals surface area contributed by atoms with Crippen molar-refractivity contribution in [3.63, 3.8) is 0 Å². The van der Waals surface area contributed by atoms with Crippen LogP contribution in [0.25, 0.3) is 0 Å². The molecule has 1 heterocycles. The number of hydrogen-bond donors (Lipinski definition) is 2. The molecular weight excluding hydrogens is 260 g/mol. The minimum absolute atomic E-state index is 0.0649. The number of carbonyl (C=O) groups excluding carboxylic acids is 1. The van der Waals surface area contributed by atoms with Gasteiger partial charge in [-0.25, -0.2) is 0 Å². The summed E-state index contributed by atoms with van der Waals surface area (Å²) >= 11 is 0. The van der Waals surface area contributed by atoms with Crippen molar-refractivity contribution in [3.05, 3.63) is 0 Å². The summed E-state index contributed by atoms with van der Waals surface area (Å²) in [5, 5.41) is 6.91. The highest BCUT2D eigenvalue weighted by Crippen LogP contribution is 2.43. The van der Waals surface area contributed by atoms with E-state index in [4.69, 9.17) is 0 Å². The largest absolute Gasteiger partial charge is 0.354 e. The minimum atomic E-state index is -0.0649. The number of rotatable bonds is 6. The van der Waals surface area contributed by atoms with Gasteiger partial charge in [0.25, 0.3) is 0 Å². The first kappa shape index (κ1) is 16.8. The van der Waals surface area contributed by atoms with E-state index in [9.17, 15) is 4.79 Å². The van der Waals surface area contributed by atoms with Crippen LogP contribution in [0.15, 0.2) is 0 Å². The molecule has 3 nitrogen and oxygen atoms in total. The van der Waals surface area contributed by atoms with E-state index in [1.807, 2.05) is 0 Å². The van der Waals surface area contributed by atoms with E-state index in [2.05, 4.69) is 31.4 Å². The number of amides is 1. The second-order valence-electron chi connectivity index (χ2n) is 7.67. The van der Waals surface area contributed by atoms with Gasteiger partial charge in [0, 0.05) is 18.0 Å². The third-order valence-electron chi connectivity index (χ3n) is 5.58. The zero-order valence-corrected chi connectivity index (χ0v) is 14.2. The van der Waals surface area contributed by atoms with Gasteiger partial charge in [0.2, 0.25) is 5.91 Å². The minimum Gasteiger partial charge on any atom is -0.354 e. The Morgan fingerprint density at radius 3 is 2.62 bits per heavy atom. The molecule has 3 heteroatoms. The van der Waals surface area contributed by atoms with Crippen molar-refractivity contribution in [3.8, 4) is 0 Å². The van der Waals surface area contributed by atoms with Gasteiger partial charge in [-0.15, -0.1) is 0 Å².